The van der Waals surface area contributed by atoms with Crippen LogP contribution in [0.15, 0.2) is 42.5 Å². The third-order valence-electron chi connectivity index (χ3n) is 5.89. The van der Waals surface area contributed by atoms with Gasteiger partial charge in [0.25, 0.3) is 5.91 Å². The summed E-state index contributed by atoms with van der Waals surface area (Å²) < 4.78 is 5.70. The number of hydrogen-bond donors (Lipinski definition) is 1. The molecule has 0 saturated carbocycles. The van der Waals surface area contributed by atoms with Crippen LogP contribution in [0.25, 0.3) is 0 Å². The molecule has 0 radical (unpaired) electrons. The summed E-state index contributed by atoms with van der Waals surface area (Å²) in [6.45, 7) is 2.99. The second kappa shape index (κ2) is 8.28. The van der Waals surface area contributed by atoms with Crippen LogP contribution in [0.3, 0.4) is 0 Å². The van der Waals surface area contributed by atoms with E-state index in [-0.39, 0.29) is 18.6 Å². The van der Waals surface area contributed by atoms with Gasteiger partial charge in [-0.05, 0) is 74.2 Å². The zero-order valence-electron chi connectivity index (χ0n) is 17.3. The first-order valence-electron chi connectivity index (χ1n) is 10.2. The highest BCUT2D eigenvalue weighted by atomic mass is 35.5. The minimum atomic E-state index is -1.03. The van der Waals surface area contributed by atoms with Gasteiger partial charge in [0.1, 0.15) is 17.9 Å². The SMILES string of the molecule is CN(CCOc1ccc(Cl)cc1)CN1C(=O)NC(C)(c2ccc3c(c2)CCC3)C1=O. The maximum absolute atomic E-state index is 13.2. The number of urea groups is 1. The highest BCUT2D eigenvalue weighted by Crippen LogP contribution is 2.32. The number of fused-ring (bicyclic) bond motifs is 1. The Hall–Kier alpha value is -2.57. The molecule has 158 valence electrons. The van der Waals surface area contributed by atoms with E-state index in [2.05, 4.69) is 17.4 Å². The zero-order valence-corrected chi connectivity index (χ0v) is 18.0. The number of aryl methyl sites for hydroxylation is 2. The number of nitrogens with one attached hydrogen (secondary N) is 1. The van der Waals surface area contributed by atoms with Gasteiger partial charge in [0.05, 0.1) is 6.67 Å². The van der Waals surface area contributed by atoms with Crippen molar-refractivity contribution in [1.29, 1.82) is 0 Å². The molecule has 1 fully saturated rings. The maximum atomic E-state index is 13.2. The van der Waals surface area contributed by atoms with Crippen LogP contribution >= 0.6 is 11.6 Å². The summed E-state index contributed by atoms with van der Waals surface area (Å²) >= 11 is 5.87. The second-order valence-electron chi connectivity index (χ2n) is 8.15. The van der Waals surface area contributed by atoms with E-state index in [0.717, 1.165) is 30.6 Å². The van der Waals surface area contributed by atoms with Crippen LogP contribution in [0.4, 0.5) is 4.79 Å². The largest absolute Gasteiger partial charge is 0.492 e. The van der Waals surface area contributed by atoms with Crippen molar-refractivity contribution in [3.05, 3.63) is 64.2 Å². The molecule has 0 aromatic heterocycles. The van der Waals surface area contributed by atoms with Crippen molar-refractivity contribution in [1.82, 2.24) is 15.1 Å². The lowest BCUT2D eigenvalue weighted by atomic mass is 9.90. The molecule has 6 nitrogen and oxygen atoms in total. The molecule has 2 aliphatic rings. The Balaban J connectivity index is 1.37. The first-order valence-corrected chi connectivity index (χ1v) is 10.6. The Morgan fingerprint density at radius 1 is 1.13 bits per heavy atom. The standard InChI is InChI=1S/C23H26ClN3O3/c1-23(18-7-6-16-4-3-5-17(16)14-18)21(28)27(22(29)25-23)15-26(2)12-13-30-20-10-8-19(24)9-11-20/h6-11,14H,3-5,12-13,15H2,1-2H3,(H,25,29). The van der Waals surface area contributed by atoms with Gasteiger partial charge in [-0.1, -0.05) is 29.8 Å². The molecular weight excluding hydrogens is 402 g/mol. The van der Waals surface area contributed by atoms with Crippen molar-refractivity contribution in [2.45, 2.75) is 31.7 Å². The van der Waals surface area contributed by atoms with E-state index in [9.17, 15) is 9.59 Å². The fourth-order valence-corrected chi connectivity index (χ4v) is 4.19. The zero-order chi connectivity index (χ0) is 21.3. The summed E-state index contributed by atoms with van der Waals surface area (Å²) in [6, 6.07) is 12.9. The Bertz CT molecular complexity index is 963. The van der Waals surface area contributed by atoms with Crippen molar-refractivity contribution in [2.24, 2.45) is 0 Å². The molecular formula is C23H26ClN3O3. The Kier molecular flexibility index (Phi) is 5.71. The first-order chi connectivity index (χ1) is 14.4. The number of ether oxygens (including phenoxy) is 1. The predicted molar refractivity (Wildman–Crippen MR) is 116 cm³/mol. The molecule has 1 aliphatic carbocycles. The Labute approximate surface area is 181 Å². The summed E-state index contributed by atoms with van der Waals surface area (Å²) in [5, 5.41) is 3.55. The van der Waals surface area contributed by atoms with E-state index in [4.69, 9.17) is 16.3 Å². The summed E-state index contributed by atoms with van der Waals surface area (Å²) in [7, 11) is 1.86. The van der Waals surface area contributed by atoms with Crippen LogP contribution in [0.2, 0.25) is 5.02 Å². The number of rotatable bonds is 7. The highest BCUT2D eigenvalue weighted by Gasteiger charge is 2.49. The molecule has 2 aromatic rings. The molecule has 30 heavy (non-hydrogen) atoms. The van der Waals surface area contributed by atoms with Crippen molar-refractivity contribution in [3.8, 4) is 5.75 Å². The topological polar surface area (TPSA) is 61.9 Å². The van der Waals surface area contributed by atoms with Crippen LogP contribution in [0.5, 0.6) is 5.75 Å². The van der Waals surface area contributed by atoms with Crippen molar-refractivity contribution >= 4 is 23.5 Å². The fraction of sp³-hybridized carbons (Fsp3) is 0.391. The Morgan fingerprint density at radius 3 is 2.63 bits per heavy atom. The molecule has 1 aliphatic heterocycles. The van der Waals surface area contributed by atoms with Gasteiger partial charge in [0.2, 0.25) is 0 Å². The van der Waals surface area contributed by atoms with Gasteiger partial charge >= 0.3 is 6.03 Å². The number of likely N-dealkylation sites (N-methyl/N-ethyl adjacent to an activating group) is 1. The maximum Gasteiger partial charge on any atom is 0.326 e. The molecule has 1 saturated heterocycles. The van der Waals surface area contributed by atoms with Crippen LogP contribution in [0, 0.1) is 0 Å². The number of imide groups is 1. The number of hydrogen-bond acceptors (Lipinski definition) is 4. The summed E-state index contributed by atoms with van der Waals surface area (Å²) in [6.07, 6.45) is 3.26. The molecule has 3 amide bonds. The van der Waals surface area contributed by atoms with Gasteiger partial charge in [0.15, 0.2) is 0 Å². The van der Waals surface area contributed by atoms with Crippen LogP contribution in [0.1, 0.15) is 30.0 Å². The third-order valence-corrected chi connectivity index (χ3v) is 6.14. The average molecular weight is 428 g/mol. The van der Waals surface area contributed by atoms with Crippen molar-refractivity contribution in [3.63, 3.8) is 0 Å². The van der Waals surface area contributed by atoms with E-state index in [1.807, 2.05) is 30.1 Å². The van der Waals surface area contributed by atoms with Gasteiger partial charge < -0.3 is 10.1 Å². The lowest BCUT2D eigenvalue weighted by molar-refractivity contribution is -0.132. The van der Waals surface area contributed by atoms with Gasteiger partial charge in [0, 0.05) is 11.6 Å². The first kappa shape index (κ1) is 20.7. The smallest absolute Gasteiger partial charge is 0.326 e. The van der Waals surface area contributed by atoms with E-state index in [1.54, 1.807) is 19.1 Å². The lowest BCUT2D eigenvalue weighted by Gasteiger charge is -2.25. The number of nitrogens with zero attached hydrogens (tertiary/aromatic N) is 2. The molecule has 1 heterocycles. The van der Waals surface area contributed by atoms with E-state index in [0.29, 0.717) is 18.2 Å². The highest BCUT2D eigenvalue weighted by molar-refractivity contribution is 6.30. The number of carbonyl (C=O) groups excluding carboxylic acids is 2. The van der Waals surface area contributed by atoms with Gasteiger partial charge in [-0.15, -0.1) is 0 Å². The normalized spacial score (nSPS) is 20.6. The second-order valence-corrected chi connectivity index (χ2v) is 8.59. The predicted octanol–water partition coefficient (Wildman–Crippen LogP) is 3.56. The quantitative estimate of drug-likeness (QED) is 0.686. The lowest BCUT2D eigenvalue weighted by Crippen LogP contribution is -2.43. The minimum Gasteiger partial charge on any atom is -0.492 e. The van der Waals surface area contributed by atoms with Gasteiger partial charge in [-0.3, -0.25) is 9.69 Å². The van der Waals surface area contributed by atoms with Crippen molar-refractivity contribution in [2.75, 3.05) is 26.9 Å². The summed E-state index contributed by atoms with van der Waals surface area (Å²) in [5.41, 5.74) is 2.44. The van der Waals surface area contributed by atoms with E-state index < -0.39 is 5.54 Å². The molecule has 4 rings (SSSR count). The number of carbonyl (C=O) groups is 2. The number of amides is 3. The molecule has 2 aromatic carbocycles. The molecule has 0 spiro atoms. The van der Waals surface area contributed by atoms with Gasteiger partial charge in [-0.25, -0.2) is 9.69 Å². The van der Waals surface area contributed by atoms with Crippen LogP contribution in [-0.2, 0) is 23.2 Å². The number of benzene rings is 2. The van der Waals surface area contributed by atoms with Gasteiger partial charge in [-0.2, -0.15) is 0 Å². The Morgan fingerprint density at radius 2 is 1.87 bits per heavy atom. The van der Waals surface area contributed by atoms with Crippen LogP contribution < -0.4 is 10.1 Å². The fourth-order valence-electron chi connectivity index (χ4n) is 4.07. The molecule has 1 unspecified atom stereocenters. The van der Waals surface area contributed by atoms with Crippen molar-refractivity contribution < 1.29 is 14.3 Å². The van der Waals surface area contributed by atoms with E-state index in [1.165, 1.54) is 16.0 Å². The molecule has 1 atom stereocenters. The summed E-state index contributed by atoms with van der Waals surface area (Å²) in [4.78, 5) is 28.9. The average Bonchev–Trinajstić information content (AvgIpc) is 3.28. The number of halogens is 1. The molecule has 1 N–H and O–H groups in total. The molecule has 7 heteroatoms. The van der Waals surface area contributed by atoms with Crippen LogP contribution in [-0.4, -0.2) is 48.6 Å². The molecule has 0 bridgehead atoms. The van der Waals surface area contributed by atoms with E-state index >= 15 is 0 Å². The minimum absolute atomic E-state index is 0.204. The monoisotopic (exact) mass is 427 g/mol. The third kappa shape index (κ3) is 4.02. The summed E-state index contributed by atoms with van der Waals surface area (Å²) in [5.74, 6) is 0.503.